The lowest BCUT2D eigenvalue weighted by atomic mass is 9.95. The summed E-state index contributed by atoms with van der Waals surface area (Å²) in [5, 5.41) is 0. The SMILES string of the molecule is COc1cc(C)c(C(=O)C(C)C)cc1C. The van der Waals surface area contributed by atoms with Crippen LogP contribution in [0, 0.1) is 19.8 Å². The summed E-state index contributed by atoms with van der Waals surface area (Å²) in [5.41, 5.74) is 2.80. The van der Waals surface area contributed by atoms with Gasteiger partial charge in [0.2, 0.25) is 0 Å². The highest BCUT2D eigenvalue weighted by molar-refractivity contribution is 5.99. The van der Waals surface area contributed by atoms with Crippen molar-refractivity contribution in [1.82, 2.24) is 0 Å². The van der Waals surface area contributed by atoms with Gasteiger partial charge in [0.15, 0.2) is 5.78 Å². The average molecular weight is 206 g/mol. The van der Waals surface area contributed by atoms with Gasteiger partial charge < -0.3 is 4.74 Å². The van der Waals surface area contributed by atoms with E-state index in [2.05, 4.69) is 0 Å². The Bertz CT molecular complexity index is 378. The van der Waals surface area contributed by atoms with Crippen LogP contribution in [0.1, 0.15) is 35.3 Å². The largest absolute Gasteiger partial charge is 0.496 e. The van der Waals surface area contributed by atoms with Crippen LogP contribution in [0.3, 0.4) is 0 Å². The number of Topliss-reactive ketones (excluding diaryl/α,β-unsaturated/α-hetero) is 1. The quantitative estimate of drug-likeness (QED) is 0.710. The van der Waals surface area contributed by atoms with Crippen molar-refractivity contribution in [2.24, 2.45) is 5.92 Å². The van der Waals surface area contributed by atoms with E-state index in [9.17, 15) is 4.79 Å². The molecule has 15 heavy (non-hydrogen) atoms. The van der Waals surface area contributed by atoms with Crippen LogP contribution in [-0.4, -0.2) is 12.9 Å². The van der Waals surface area contributed by atoms with Crippen molar-refractivity contribution >= 4 is 5.78 Å². The molecule has 1 aromatic carbocycles. The maximum Gasteiger partial charge on any atom is 0.165 e. The molecule has 0 fully saturated rings. The minimum Gasteiger partial charge on any atom is -0.496 e. The van der Waals surface area contributed by atoms with Crippen molar-refractivity contribution in [3.63, 3.8) is 0 Å². The fourth-order valence-corrected chi connectivity index (χ4v) is 1.59. The number of aryl methyl sites for hydroxylation is 2. The highest BCUT2D eigenvalue weighted by Gasteiger charge is 2.14. The monoisotopic (exact) mass is 206 g/mol. The van der Waals surface area contributed by atoms with Gasteiger partial charge in [0.25, 0.3) is 0 Å². The average Bonchev–Trinajstić information content (AvgIpc) is 2.19. The molecule has 0 spiro atoms. The maximum atomic E-state index is 11.9. The summed E-state index contributed by atoms with van der Waals surface area (Å²) in [4.78, 5) is 11.9. The molecule has 1 rings (SSSR count). The zero-order chi connectivity index (χ0) is 11.6. The number of benzene rings is 1. The number of ketones is 1. The number of hydrogen-bond acceptors (Lipinski definition) is 2. The molecule has 0 aliphatic rings. The van der Waals surface area contributed by atoms with Crippen molar-refractivity contribution < 1.29 is 9.53 Å². The lowest BCUT2D eigenvalue weighted by molar-refractivity contribution is 0.0938. The third-order valence-electron chi connectivity index (χ3n) is 2.53. The van der Waals surface area contributed by atoms with E-state index in [1.807, 2.05) is 39.8 Å². The van der Waals surface area contributed by atoms with Crippen molar-refractivity contribution in [2.75, 3.05) is 7.11 Å². The smallest absolute Gasteiger partial charge is 0.165 e. The van der Waals surface area contributed by atoms with Crippen LogP contribution in [0.4, 0.5) is 0 Å². The lowest BCUT2D eigenvalue weighted by Crippen LogP contribution is -2.09. The van der Waals surface area contributed by atoms with Gasteiger partial charge in [0.05, 0.1) is 7.11 Å². The van der Waals surface area contributed by atoms with Crippen molar-refractivity contribution in [1.29, 1.82) is 0 Å². The van der Waals surface area contributed by atoms with Crippen LogP contribution in [0.25, 0.3) is 0 Å². The second-order valence-corrected chi connectivity index (χ2v) is 4.16. The molecule has 0 heterocycles. The van der Waals surface area contributed by atoms with Gasteiger partial charge in [-0.25, -0.2) is 0 Å². The third kappa shape index (κ3) is 2.38. The van der Waals surface area contributed by atoms with E-state index >= 15 is 0 Å². The minimum absolute atomic E-state index is 0.0384. The Kier molecular flexibility index (Phi) is 3.51. The van der Waals surface area contributed by atoms with Gasteiger partial charge in [-0.2, -0.15) is 0 Å². The van der Waals surface area contributed by atoms with E-state index in [-0.39, 0.29) is 11.7 Å². The molecule has 0 saturated carbocycles. The van der Waals surface area contributed by atoms with Crippen molar-refractivity contribution in [3.05, 3.63) is 28.8 Å². The topological polar surface area (TPSA) is 26.3 Å². The molecule has 0 aromatic heterocycles. The zero-order valence-electron chi connectivity index (χ0n) is 10.0. The normalized spacial score (nSPS) is 10.5. The van der Waals surface area contributed by atoms with Gasteiger partial charge in [-0.05, 0) is 37.1 Å². The van der Waals surface area contributed by atoms with E-state index in [4.69, 9.17) is 4.74 Å². The summed E-state index contributed by atoms with van der Waals surface area (Å²) < 4.78 is 5.21. The molecule has 0 radical (unpaired) electrons. The number of rotatable bonds is 3. The maximum absolute atomic E-state index is 11.9. The predicted molar refractivity (Wildman–Crippen MR) is 61.6 cm³/mol. The fourth-order valence-electron chi connectivity index (χ4n) is 1.59. The highest BCUT2D eigenvalue weighted by atomic mass is 16.5. The van der Waals surface area contributed by atoms with Gasteiger partial charge in [0, 0.05) is 11.5 Å². The molecule has 0 aliphatic heterocycles. The second-order valence-electron chi connectivity index (χ2n) is 4.16. The molecule has 82 valence electrons. The summed E-state index contributed by atoms with van der Waals surface area (Å²) in [5.74, 6) is 1.07. The molecule has 0 N–H and O–H groups in total. The predicted octanol–water partition coefficient (Wildman–Crippen LogP) is 3.15. The molecular formula is C13H18O2. The summed E-state index contributed by atoms with van der Waals surface area (Å²) in [7, 11) is 1.64. The van der Waals surface area contributed by atoms with E-state index in [0.717, 1.165) is 22.4 Å². The van der Waals surface area contributed by atoms with Gasteiger partial charge >= 0.3 is 0 Å². The molecule has 0 saturated heterocycles. The molecule has 2 nitrogen and oxygen atoms in total. The molecule has 0 atom stereocenters. The Balaban J connectivity index is 3.22. The standard InChI is InChI=1S/C13H18O2/c1-8(2)13(14)11-6-10(4)12(15-5)7-9(11)3/h6-8H,1-5H3. The highest BCUT2D eigenvalue weighted by Crippen LogP contribution is 2.24. The minimum atomic E-state index is 0.0384. The number of carbonyl (C=O) groups is 1. The summed E-state index contributed by atoms with van der Waals surface area (Å²) in [6, 6.07) is 3.83. The van der Waals surface area contributed by atoms with Crippen LogP contribution < -0.4 is 4.74 Å². The van der Waals surface area contributed by atoms with E-state index < -0.39 is 0 Å². The van der Waals surface area contributed by atoms with Crippen LogP contribution in [0.15, 0.2) is 12.1 Å². The molecule has 1 aromatic rings. The van der Waals surface area contributed by atoms with Crippen molar-refractivity contribution in [3.8, 4) is 5.75 Å². The second kappa shape index (κ2) is 4.47. The molecule has 0 unspecified atom stereocenters. The van der Waals surface area contributed by atoms with E-state index in [1.165, 1.54) is 0 Å². The Morgan fingerprint density at radius 1 is 1.20 bits per heavy atom. The van der Waals surface area contributed by atoms with Crippen LogP contribution >= 0.6 is 0 Å². The molecular weight excluding hydrogens is 188 g/mol. The molecule has 2 heteroatoms. The molecule has 0 bridgehead atoms. The molecule has 0 aliphatic carbocycles. The summed E-state index contributed by atoms with van der Waals surface area (Å²) in [6.45, 7) is 7.73. The van der Waals surface area contributed by atoms with E-state index in [0.29, 0.717) is 0 Å². The summed E-state index contributed by atoms with van der Waals surface area (Å²) >= 11 is 0. The van der Waals surface area contributed by atoms with Gasteiger partial charge in [0.1, 0.15) is 5.75 Å². The first-order chi connectivity index (χ1) is 6.97. The van der Waals surface area contributed by atoms with Crippen LogP contribution in [-0.2, 0) is 0 Å². The van der Waals surface area contributed by atoms with E-state index in [1.54, 1.807) is 7.11 Å². The Morgan fingerprint density at radius 3 is 2.27 bits per heavy atom. The number of carbonyl (C=O) groups excluding carboxylic acids is 1. The Hall–Kier alpha value is -1.31. The fraction of sp³-hybridized carbons (Fsp3) is 0.462. The lowest BCUT2D eigenvalue weighted by Gasteiger charge is -2.12. The summed E-state index contributed by atoms with van der Waals surface area (Å²) in [6.07, 6.45) is 0. The third-order valence-corrected chi connectivity index (χ3v) is 2.53. The number of hydrogen-bond donors (Lipinski definition) is 0. The van der Waals surface area contributed by atoms with Crippen molar-refractivity contribution in [2.45, 2.75) is 27.7 Å². The Morgan fingerprint density at radius 2 is 1.80 bits per heavy atom. The van der Waals surface area contributed by atoms with Crippen LogP contribution in [0.5, 0.6) is 5.75 Å². The first-order valence-electron chi connectivity index (χ1n) is 5.16. The Labute approximate surface area is 91.3 Å². The molecule has 0 amide bonds. The zero-order valence-corrected chi connectivity index (χ0v) is 10.0. The van der Waals surface area contributed by atoms with Gasteiger partial charge in [-0.1, -0.05) is 13.8 Å². The number of methoxy groups -OCH3 is 1. The van der Waals surface area contributed by atoms with Crippen LogP contribution in [0.2, 0.25) is 0 Å². The number of ether oxygens (including phenoxy) is 1. The first-order valence-corrected chi connectivity index (χ1v) is 5.16. The van der Waals surface area contributed by atoms with Gasteiger partial charge in [-0.3, -0.25) is 4.79 Å². The van der Waals surface area contributed by atoms with Gasteiger partial charge in [-0.15, -0.1) is 0 Å². The first kappa shape index (κ1) is 11.8.